The van der Waals surface area contributed by atoms with Gasteiger partial charge in [-0.3, -0.25) is 0 Å². The van der Waals surface area contributed by atoms with Crippen LogP contribution < -0.4 is 16.0 Å². The predicted molar refractivity (Wildman–Crippen MR) is 98.2 cm³/mol. The van der Waals surface area contributed by atoms with Crippen molar-refractivity contribution in [2.24, 2.45) is 0 Å². The fourth-order valence-electron chi connectivity index (χ4n) is 2.97. The second-order valence-electron chi connectivity index (χ2n) is 6.90. The zero-order chi connectivity index (χ0) is 17.7. The molecule has 0 aliphatic carbocycles. The lowest BCUT2D eigenvalue weighted by atomic mass is 10.1. The maximum absolute atomic E-state index is 12.6. The van der Waals surface area contributed by atoms with Crippen LogP contribution in [0, 0.1) is 0 Å². The monoisotopic (exact) mass is 334 g/mol. The van der Waals surface area contributed by atoms with E-state index in [1.54, 1.807) is 0 Å². The number of anilines is 2. The standard InChI is InChI=1S/C18H30N4O2/c1-13(2)20-18(23)22(12-16-6-5-9-24-16)11-14-10-15(19)7-8-17(14)21(3)4/h7-8,10,13,16H,5-6,9,11-12,19H2,1-4H3,(H,20,23). The van der Waals surface area contributed by atoms with E-state index in [4.69, 9.17) is 10.5 Å². The zero-order valence-electron chi connectivity index (χ0n) is 15.2. The van der Waals surface area contributed by atoms with Crippen LogP contribution in [0.2, 0.25) is 0 Å². The summed E-state index contributed by atoms with van der Waals surface area (Å²) in [5.41, 5.74) is 8.77. The Kier molecular flexibility index (Phi) is 6.31. The van der Waals surface area contributed by atoms with Crippen molar-refractivity contribution in [2.75, 3.05) is 37.9 Å². The van der Waals surface area contributed by atoms with Gasteiger partial charge in [-0.2, -0.15) is 0 Å². The molecule has 134 valence electrons. The fraction of sp³-hybridized carbons (Fsp3) is 0.611. The first-order valence-electron chi connectivity index (χ1n) is 8.59. The average Bonchev–Trinajstić information content (AvgIpc) is 2.98. The molecule has 1 saturated heterocycles. The highest BCUT2D eigenvalue weighted by atomic mass is 16.5. The highest BCUT2D eigenvalue weighted by Crippen LogP contribution is 2.24. The number of hydrogen-bond donors (Lipinski definition) is 2. The Bertz CT molecular complexity index is 554. The molecule has 0 bridgehead atoms. The molecule has 24 heavy (non-hydrogen) atoms. The van der Waals surface area contributed by atoms with Crippen LogP contribution >= 0.6 is 0 Å². The third kappa shape index (κ3) is 5.03. The molecule has 1 aromatic carbocycles. The Balaban J connectivity index is 2.20. The number of benzene rings is 1. The first-order chi connectivity index (χ1) is 11.4. The van der Waals surface area contributed by atoms with Gasteiger partial charge < -0.3 is 25.6 Å². The van der Waals surface area contributed by atoms with Crippen molar-refractivity contribution in [3.63, 3.8) is 0 Å². The second-order valence-corrected chi connectivity index (χ2v) is 6.90. The number of rotatable bonds is 6. The minimum atomic E-state index is -0.0624. The van der Waals surface area contributed by atoms with Crippen LogP contribution in [0.4, 0.5) is 16.2 Å². The quantitative estimate of drug-likeness (QED) is 0.784. The zero-order valence-corrected chi connectivity index (χ0v) is 15.2. The molecule has 1 aliphatic heterocycles. The molecule has 1 aliphatic rings. The van der Waals surface area contributed by atoms with Gasteiger partial charge in [-0.1, -0.05) is 0 Å². The lowest BCUT2D eigenvalue weighted by Gasteiger charge is -2.28. The first kappa shape index (κ1) is 18.4. The van der Waals surface area contributed by atoms with E-state index in [0.29, 0.717) is 18.8 Å². The van der Waals surface area contributed by atoms with Gasteiger partial charge in [-0.15, -0.1) is 0 Å². The number of hydrogen-bond acceptors (Lipinski definition) is 4. The molecule has 1 fully saturated rings. The van der Waals surface area contributed by atoms with Crippen LogP contribution in [0.5, 0.6) is 0 Å². The Morgan fingerprint density at radius 1 is 1.42 bits per heavy atom. The molecule has 0 aromatic heterocycles. The van der Waals surface area contributed by atoms with Crippen LogP contribution in [0.1, 0.15) is 32.3 Å². The van der Waals surface area contributed by atoms with Crippen molar-refractivity contribution in [3.05, 3.63) is 23.8 Å². The van der Waals surface area contributed by atoms with Crippen LogP contribution in [0.25, 0.3) is 0 Å². The fourth-order valence-corrected chi connectivity index (χ4v) is 2.97. The SMILES string of the molecule is CC(C)NC(=O)N(Cc1cc(N)ccc1N(C)C)CC1CCCO1. The van der Waals surface area contributed by atoms with Crippen LogP contribution in [-0.4, -0.2) is 50.3 Å². The van der Waals surface area contributed by atoms with Crippen molar-refractivity contribution < 1.29 is 9.53 Å². The number of urea groups is 1. The number of nitrogens with two attached hydrogens (primary N) is 1. The lowest BCUT2D eigenvalue weighted by Crippen LogP contribution is -2.45. The molecule has 1 atom stereocenters. The maximum atomic E-state index is 12.6. The van der Waals surface area contributed by atoms with Crippen molar-refractivity contribution in [2.45, 2.75) is 45.4 Å². The van der Waals surface area contributed by atoms with Gasteiger partial charge in [0.15, 0.2) is 0 Å². The van der Waals surface area contributed by atoms with Gasteiger partial charge in [0.25, 0.3) is 0 Å². The topological polar surface area (TPSA) is 70.8 Å². The smallest absolute Gasteiger partial charge is 0.317 e. The summed E-state index contributed by atoms with van der Waals surface area (Å²) >= 11 is 0. The Morgan fingerprint density at radius 3 is 2.75 bits per heavy atom. The molecule has 2 amide bonds. The van der Waals surface area contributed by atoms with E-state index in [2.05, 4.69) is 5.32 Å². The molecule has 0 saturated carbocycles. The van der Waals surface area contributed by atoms with E-state index in [0.717, 1.165) is 30.7 Å². The molecular formula is C18H30N4O2. The van der Waals surface area contributed by atoms with E-state index >= 15 is 0 Å². The second kappa shape index (κ2) is 8.24. The van der Waals surface area contributed by atoms with Crippen LogP contribution in [0.3, 0.4) is 0 Å². The molecular weight excluding hydrogens is 304 g/mol. The van der Waals surface area contributed by atoms with Crippen LogP contribution in [-0.2, 0) is 11.3 Å². The number of ether oxygens (including phenoxy) is 1. The van der Waals surface area contributed by atoms with E-state index < -0.39 is 0 Å². The molecule has 0 radical (unpaired) electrons. The summed E-state index contributed by atoms with van der Waals surface area (Å²) in [6, 6.07) is 5.86. The summed E-state index contributed by atoms with van der Waals surface area (Å²) in [6.45, 7) is 5.82. The van der Waals surface area contributed by atoms with E-state index in [9.17, 15) is 4.79 Å². The van der Waals surface area contributed by atoms with Crippen molar-refractivity contribution in [1.29, 1.82) is 0 Å². The Morgan fingerprint density at radius 2 is 2.17 bits per heavy atom. The molecule has 6 nitrogen and oxygen atoms in total. The summed E-state index contributed by atoms with van der Waals surface area (Å²) in [5.74, 6) is 0. The lowest BCUT2D eigenvalue weighted by molar-refractivity contribution is 0.0791. The van der Waals surface area contributed by atoms with Gasteiger partial charge in [0.1, 0.15) is 0 Å². The number of carbonyl (C=O) groups is 1. The number of amides is 2. The molecule has 6 heteroatoms. The summed E-state index contributed by atoms with van der Waals surface area (Å²) in [4.78, 5) is 16.5. The van der Waals surface area contributed by atoms with Gasteiger partial charge in [0.05, 0.1) is 6.10 Å². The third-order valence-corrected chi connectivity index (χ3v) is 4.09. The number of carbonyl (C=O) groups excluding carboxylic acids is 1. The van der Waals surface area contributed by atoms with Crippen molar-refractivity contribution in [1.82, 2.24) is 10.2 Å². The van der Waals surface area contributed by atoms with Gasteiger partial charge in [-0.25, -0.2) is 4.79 Å². The summed E-state index contributed by atoms with van der Waals surface area (Å²) in [7, 11) is 3.99. The summed E-state index contributed by atoms with van der Waals surface area (Å²) < 4.78 is 5.72. The molecule has 3 N–H and O–H groups in total. The highest BCUT2D eigenvalue weighted by molar-refractivity contribution is 5.75. The minimum Gasteiger partial charge on any atom is -0.399 e. The summed E-state index contributed by atoms with van der Waals surface area (Å²) in [5, 5.41) is 2.99. The predicted octanol–water partition coefficient (Wildman–Crippen LogP) is 2.43. The molecule has 1 heterocycles. The van der Waals surface area contributed by atoms with Gasteiger partial charge in [0.2, 0.25) is 0 Å². The van der Waals surface area contributed by atoms with E-state index in [-0.39, 0.29) is 18.2 Å². The van der Waals surface area contributed by atoms with Gasteiger partial charge in [-0.05, 0) is 50.5 Å². The number of nitrogens with zero attached hydrogens (tertiary/aromatic N) is 2. The number of nitrogen functional groups attached to an aromatic ring is 1. The Hall–Kier alpha value is -1.95. The first-order valence-corrected chi connectivity index (χ1v) is 8.59. The molecule has 0 spiro atoms. The molecule has 1 aromatic rings. The average molecular weight is 334 g/mol. The normalized spacial score (nSPS) is 17.1. The molecule has 2 rings (SSSR count). The van der Waals surface area contributed by atoms with E-state index in [1.807, 2.05) is 55.9 Å². The highest BCUT2D eigenvalue weighted by Gasteiger charge is 2.24. The maximum Gasteiger partial charge on any atom is 0.317 e. The molecule has 1 unspecified atom stereocenters. The van der Waals surface area contributed by atoms with Crippen molar-refractivity contribution >= 4 is 17.4 Å². The number of nitrogens with one attached hydrogen (secondary N) is 1. The van der Waals surface area contributed by atoms with Crippen LogP contribution in [0.15, 0.2) is 18.2 Å². The minimum absolute atomic E-state index is 0.0624. The van der Waals surface area contributed by atoms with Gasteiger partial charge >= 0.3 is 6.03 Å². The van der Waals surface area contributed by atoms with Gasteiger partial charge in [0, 0.05) is 51.2 Å². The summed E-state index contributed by atoms with van der Waals surface area (Å²) in [6.07, 6.45) is 2.18. The largest absolute Gasteiger partial charge is 0.399 e. The Labute approximate surface area is 144 Å². The van der Waals surface area contributed by atoms with Crippen molar-refractivity contribution in [3.8, 4) is 0 Å². The van der Waals surface area contributed by atoms with E-state index in [1.165, 1.54) is 0 Å². The third-order valence-electron chi connectivity index (χ3n) is 4.09.